The van der Waals surface area contributed by atoms with Crippen LogP contribution in [0.4, 0.5) is 0 Å². The Labute approximate surface area is 116 Å². The van der Waals surface area contributed by atoms with E-state index in [0.29, 0.717) is 12.3 Å². The summed E-state index contributed by atoms with van der Waals surface area (Å²) in [7, 11) is 0. The molecule has 0 spiro atoms. The van der Waals surface area contributed by atoms with Gasteiger partial charge in [0.15, 0.2) is 6.61 Å². The summed E-state index contributed by atoms with van der Waals surface area (Å²) in [5.41, 5.74) is 0.181. The van der Waals surface area contributed by atoms with E-state index >= 15 is 0 Å². The van der Waals surface area contributed by atoms with Crippen LogP contribution < -0.4 is 10.1 Å². The summed E-state index contributed by atoms with van der Waals surface area (Å²) in [6, 6.07) is 5.91. The second kappa shape index (κ2) is 6.91. The van der Waals surface area contributed by atoms with Gasteiger partial charge in [-0.25, -0.2) is 4.79 Å². The lowest BCUT2D eigenvalue weighted by Crippen LogP contribution is -2.35. The molecule has 1 saturated heterocycles. The van der Waals surface area contributed by atoms with Gasteiger partial charge in [0.05, 0.1) is 11.7 Å². The van der Waals surface area contributed by atoms with Gasteiger partial charge in [0.2, 0.25) is 0 Å². The smallest absolute Gasteiger partial charge is 0.335 e. The fraction of sp³-hybridized carbons (Fsp3) is 0.429. The van der Waals surface area contributed by atoms with Crippen LogP contribution >= 0.6 is 0 Å². The first kappa shape index (κ1) is 14.3. The standard InChI is InChI=1S/C14H17NO5/c16-13(15-8-12-2-1-7-19-12)9-20-11-5-3-10(4-6-11)14(17)18/h3-6,12H,1-2,7-9H2,(H,15,16)(H,17,18). The van der Waals surface area contributed by atoms with E-state index in [1.165, 1.54) is 24.3 Å². The SMILES string of the molecule is O=C(COc1ccc(C(=O)O)cc1)NCC1CCCO1. The third-order valence-corrected chi connectivity index (χ3v) is 3.02. The Balaban J connectivity index is 1.70. The van der Waals surface area contributed by atoms with Crippen LogP contribution in [-0.4, -0.2) is 42.8 Å². The Bertz CT molecular complexity index is 465. The molecule has 1 aromatic carbocycles. The molecule has 1 aliphatic heterocycles. The molecular formula is C14H17NO5. The van der Waals surface area contributed by atoms with Gasteiger partial charge in [-0.1, -0.05) is 0 Å². The van der Waals surface area contributed by atoms with Crippen molar-refractivity contribution >= 4 is 11.9 Å². The maximum Gasteiger partial charge on any atom is 0.335 e. The zero-order chi connectivity index (χ0) is 14.4. The highest BCUT2D eigenvalue weighted by Gasteiger charge is 2.16. The quantitative estimate of drug-likeness (QED) is 0.813. The minimum atomic E-state index is -0.995. The van der Waals surface area contributed by atoms with Crippen LogP contribution in [0.2, 0.25) is 0 Å². The monoisotopic (exact) mass is 279 g/mol. The number of benzene rings is 1. The van der Waals surface area contributed by atoms with E-state index in [9.17, 15) is 9.59 Å². The van der Waals surface area contributed by atoms with Crippen LogP contribution in [0.15, 0.2) is 24.3 Å². The molecule has 0 aliphatic carbocycles. The number of carbonyl (C=O) groups is 2. The zero-order valence-corrected chi connectivity index (χ0v) is 11.0. The van der Waals surface area contributed by atoms with Gasteiger partial charge >= 0.3 is 5.97 Å². The first-order valence-electron chi connectivity index (χ1n) is 6.49. The van der Waals surface area contributed by atoms with Gasteiger partial charge in [0.25, 0.3) is 5.91 Å². The summed E-state index contributed by atoms with van der Waals surface area (Å²) < 4.78 is 10.7. The maximum absolute atomic E-state index is 11.6. The molecule has 1 unspecified atom stereocenters. The van der Waals surface area contributed by atoms with Crippen molar-refractivity contribution in [3.8, 4) is 5.75 Å². The van der Waals surface area contributed by atoms with Crippen molar-refractivity contribution in [3.63, 3.8) is 0 Å². The number of hydrogen-bond acceptors (Lipinski definition) is 4. The molecule has 1 aromatic rings. The second-order valence-electron chi connectivity index (χ2n) is 4.56. The van der Waals surface area contributed by atoms with Crippen molar-refractivity contribution < 1.29 is 24.2 Å². The minimum Gasteiger partial charge on any atom is -0.484 e. The highest BCUT2D eigenvalue weighted by Crippen LogP contribution is 2.12. The number of nitrogens with one attached hydrogen (secondary N) is 1. The number of hydrogen-bond donors (Lipinski definition) is 2. The molecule has 108 valence electrons. The third kappa shape index (κ3) is 4.24. The van der Waals surface area contributed by atoms with E-state index < -0.39 is 5.97 Å². The van der Waals surface area contributed by atoms with E-state index in [1.54, 1.807) is 0 Å². The predicted molar refractivity (Wildman–Crippen MR) is 70.9 cm³/mol. The number of ether oxygens (including phenoxy) is 2. The number of rotatable bonds is 6. The molecule has 6 heteroatoms. The first-order chi connectivity index (χ1) is 9.65. The number of amides is 1. The summed E-state index contributed by atoms with van der Waals surface area (Å²) >= 11 is 0. The van der Waals surface area contributed by atoms with E-state index in [4.69, 9.17) is 14.6 Å². The second-order valence-corrected chi connectivity index (χ2v) is 4.56. The van der Waals surface area contributed by atoms with E-state index in [-0.39, 0.29) is 24.2 Å². The molecule has 1 atom stereocenters. The van der Waals surface area contributed by atoms with Gasteiger partial charge in [-0.15, -0.1) is 0 Å². The van der Waals surface area contributed by atoms with Crippen molar-refractivity contribution in [1.29, 1.82) is 0 Å². The van der Waals surface area contributed by atoms with Gasteiger partial charge in [0.1, 0.15) is 5.75 Å². The molecule has 1 amide bonds. The Kier molecular flexibility index (Phi) is 4.95. The fourth-order valence-electron chi connectivity index (χ4n) is 1.93. The molecule has 0 saturated carbocycles. The van der Waals surface area contributed by atoms with Crippen LogP contribution in [0.5, 0.6) is 5.75 Å². The Morgan fingerprint density at radius 2 is 2.10 bits per heavy atom. The fourth-order valence-corrected chi connectivity index (χ4v) is 1.93. The number of carboxylic acid groups (broad SMARTS) is 1. The molecule has 6 nitrogen and oxygen atoms in total. The minimum absolute atomic E-state index is 0.0981. The molecule has 0 radical (unpaired) electrons. The summed E-state index contributed by atoms with van der Waals surface area (Å²) in [6.45, 7) is 1.16. The van der Waals surface area contributed by atoms with Gasteiger partial charge in [-0.2, -0.15) is 0 Å². The summed E-state index contributed by atoms with van der Waals surface area (Å²) in [4.78, 5) is 22.2. The highest BCUT2D eigenvalue weighted by molar-refractivity contribution is 5.87. The van der Waals surface area contributed by atoms with Crippen LogP contribution in [0.1, 0.15) is 23.2 Å². The lowest BCUT2D eigenvalue weighted by atomic mass is 10.2. The van der Waals surface area contributed by atoms with Gasteiger partial charge in [-0.05, 0) is 37.1 Å². The molecule has 1 heterocycles. The summed E-state index contributed by atoms with van der Waals surface area (Å²) in [6.07, 6.45) is 2.11. The first-order valence-corrected chi connectivity index (χ1v) is 6.49. The number of aromatic carboxylic acids is 1. The molecule has 0 aromatic heterocycles. The molecule has 1 fully saturated rings. The van der Waals surface area contributed by atoms with E-state index in [2.05, 4.69) is 5.32 Å². The number of carbonyl (C=O) groups excluding carboxylic acids is 1. The maximum atomic E-state index is 11.6. The number of carboxylic acids is 1. The van der Waals surface area contributed by atoms with Crippen LogP contribution in [0, 0.1) is 0 Å². The van der Waals surface area contributed by atoms with Crippen molar-refractivity contribution in [1.82, 2.24) is 5.32 Å². The average Bonchev–Trinajstić information content (AvgIpc) is 2.96. The molecule has 2 rings (SSSR count). The van der Waals surface area contributed by atoms with Crippen LogP contribution in [0.3, 0.4) is 0 Å². The highest BCUT2D eigenvalue weighted by atomic mass is 16.5. The zero-order valence-electron chi connectivity index (χ0n) is 11.0. The van der Waals surface area contributed by atoms with Crippen molar-refractivity contribution in [3.05, 3.63) is 29.8 Å². The summed E-state index contributed by atoms with van der Waals surface area (Å²) in [5, 5.41) is 11.5. The Morgan fingerprint density at radius 3 is 2.70 bits per heavy atom. The summed E-state index contributed by atoms with van der Waals surface area (Å²) in [5.74, 6) is -0.754. The van der Waals surface area contributed by atoms with Crippen LogP contribution in [0.25, 0.3) is 0 Å². The average molecular weight is 279 g/mol. The van der Waals surface area contributed by atoms with Gasteiger partial charge < -0.3 is 19.9 Å². The lowest BCUT2D eigenvalue weighted by molar-refractivity contribution is -0.123. The van der Waals surface area contributed by atoms with Crippen molar-refractivity contribution in [2.24, 2.45) is 0 Å². The molecule has 0 bridgehead atoms. The Morgan fingerprint density at radius 1 is 1.35 bits per heavy atom. The van der Waals surface area contributed by atoms with Crippen molar-refractivity contribution in [2.75, 3.05) is 19.8 Å². The van der Waals surface area contributed by atoms with Crippen molar-refractivity contribution in [2.45, 2.75) is 18.9 Å². The molecular weight excluding hydrogens is 262 g/mol. The van der Waals surface area contributed by atoms with Gasteiger partial charge in [-0.3, -0.25) is 4.79 Å². The molecule has 2 N–H and O–H groups in total. The largest absolute Gasteiger partial charge is 0.484 e. The van der Waals surface area contributed by atoms with E-state index in [0.717, 1.165) is 19.4 Å². The Hall–Kier alpha value is -2.08. The topological polar surface area (TPSA) is 84.9 Å². The lowest BCUT2D eigenvalue weighted by Gasteiger charge is -2.11. The van der Waals surface area contributed by atoms with E-state index in [1.807, 2.05) is 0 Å². The molecule has 1 aliphatic rings. The third-order valence-electron chi connectivity index (χ3n) is 3.02. The molecule has 20 heavy (non-hydrogen) atoms. The van der Waals surface area contributed by atoms with Crippen LogP contribution in [-0.2, 0) is 9.53 Å². The van der Waals surface area contributed by atoms with Gasteiger partial charge in [0, 0.05) is 13.2 Å². The normalized spacial score (nSPS) is 17.7. The predicted octanol–water partition coefficient (Wildman–Crippen LogP) is 1.06.